The van der Waals surface area contributed by atoms with Crippen LogP contribution in [0.4, 0.5) is 15.3 Å². The molecular weight excluding hydrogens is 300 g/mol. The number of nitrogens with two attached hydrogens (primary N) is 1. The minimum Gasteiger partial charge on any atom is -0.495 e. The fourth-order valence-corrected chi connectivity index (χ4v) is 3.09. The van der Waals surface area contributed by atoms with Crippen LogP contribution in [0.25, 0.3) is 0 Å². The molecule has 1 aromatic carbocycles. The lowest BCUT2D eigenvalue weighted by atomic mass is 10.1. The van der Waals surface area contributed by atoms with E-state index in [4.69, 9.17) is 10.5 Å². The largest absolute Gasteiger partial charge is 0.495 e. The smallest absolute Gasteiger partial charge is 0.327 e. The molecule has 2 aliphatic heterocycles. The third-order valence-electron chi connectivity index (χ3n) is 4.14. The summed E-state index contributed by atoms with van der Waals surface area (Å²) in [6, 6.07) is 3.77. The summed E-state index contributed by atoms with van der Waals surface area (Å²) >= 11 is 0. The molecule has 0 aliphatic carbocycles. The van der Waals surface area contributed by atoms with Crippen molar-refractivity contribution in [3.63, 3.8) is 0 Å². The number of nitrogens with one attached hydrogen (secondary N) is 1. The number of amides is 5. The summed E-state index contributed by atoms with van der Waals surface area (Å²) in [4.78, 5) is 38.6. The lowest BCUT2D eigenvalue weighted by Crippen LogP contribution is -2.32. The zero-order valence-corrected chi connectivity index (χ0v) is 12.7. The molecule has 5 amide bonds. The number of urea groups is 2. The van der Waals surface area contributed by atoms with Gasteiger partial charge < -0.3 is 20.7 Å². The van der Waals surface area contributed by atoms with E-state index < -0.39 is 6.03 Å². The first-order chi connectivity index (χ1) is 11.0. The topological polar surface area (TPSA) is 105 Å². The number of hydrogen-bond acceptors (Lipinski definition) is 4. The summed E-state index contributed by atoms with van der Waals surface area (Å²) in [6.07, 6.45) is 1.59. The SMILES string of the molecule is COc1ccc(CN2C(=O)C3CCCN3C2=O)cc1NC(N)=O. The van der Waals surface area contributed by atoms with E-state index in [0.717, 1.165) is 12.8 Å². The summed E-state index contributed by atoms with van der Waals surface area (Å²) < 4.78 is 5.15. The van der Waals surface area contributed by atoms with Gasteiger partial charge in [-0.3, -0.25) is 9.69 Å². The van der Waals surface area contributed by atoms with E-state index in [0.29, 0.717) is 23.5 Å². The lowest BCUT2D eigenvalue weighted by Gasteiger charge is -2.17. The van der Waals surface area contributed by atoms with Crippen molar-refractivity contribution in [1.82, 2.24) is 9.80 Å². The van der Waals surface area contributed by atoms with Gasteiger partial charge in [-0.2, -0.15) is 0 Å². The van der Waals surface area contributed by atoms with Crippen LogP contribution in [0.5, 0.6) is 5.75 Å². The molecule has 1 unspecified atom stereocenters. The number of anilines is 1. The molecule has 0 aromatic heterocycles. The van der Waals surface area contributed by atoms with Crippen molar-refractivity contribution in [3.05, 3.63) is 23.8 Å². The van der Waals surface area contributed by atoms with Crippen LogP contribution in [-0.2, 0) is 11.3 Å². The van der Waals surface area contributed by atoms with Crippen molar-refractivity contribution in [1.29, 1.82) is 0 Å². The Kier molecular flexibility index (Phi) is 3.81. The second-order valence-electron chi connectivity index (χ2n) is 5.58. The Morgan fingerprint density at radius 2 is 2.22 bits per heavy atom. The van der Waals surface area contributed by atoms with Gasteiger partial charge in [0.25, 0.3) is 5.91 Å². The Morgan fingerprint density at radius 3 is 2.87 bits per heavy atom. The van der Waals surface area contributed by atoms with Crippen LogP contribution in [0.2, 0.25) is 0 Å². The summed E-state index contributed by atoms with van der Waals surface area (Å²) in [5.41, 5.74) is 6.24. The van der Waals surface area contributed by atoms with Crippen LogP contribution < -0.4 is 15.8 Å². The van der Waals surface area contributed by atoms with Gasteiger partial charge >= 0.3 is 12.1 Å². The molecule has 1 aromatic rings. The highest BCUT2D eigenvalue weighted by Gasteiger charge is 2.47. The highest BCUT2D eigenvalue weighted by atomic mass is 16.5. The molecule has 1 atom stereocenters. The molecule has 8 nitrogen and oxygen atoms in total. The number of methoxy groups -OCH3 is 1. The fourth-order valence-electron chi connectivity index (χ4n) is 3.09. The van der Waals surface area contributed by atoms with E-state index >= 15 is 0 Å². The monoisotopic (exact) mass is 318 g/mol. The van der Waals surface area contributed by atoms with Crippen molar-refractivity contribution >= 4 is 23.7 Å². The van der Waals surface area contributed by atoms with E-state index in [-0.39, 0.29) is 24.5 Å². The standard InChI is InChI=1S/C15H18N4O4/c1-23-12-5-4-9(7-10(12)17-14(16)21)8-19-13(20)11-3-2-6-18(11)15(19)22/h4-5,7,11H,2-3,6,8H2,1H3,(H3,16,17,21). The average Bonchev–Trinajstić information content (AvgIpc) is 3.07. The molecule has 0 bridgehead atoms. The molecule has 2 aliphatic rings. The number of fused-ring (bicyclic) bond motifs is 1. The zero-order valence-electron chi connectivity index (χ0n) is 12.7. The maximum absolute atomic E-state index is 12.3. The van der Waals surface area contributed by atoms with E-state index in [1.165, 1.54) is 12.0 Å². The van der Waals surface area contributed by atoms with E-state index in [9.17, 15) is 14.4 Å². The Bertz CT molecular complexity index is 653. The van der Waals surface area contributed by atoms with Gasteiger partial charge in [-0.15, -0.1) is 0 Å². The fraction of sp³-hybridized carbons (Fsp3) is 0.400. The van der Waals surface area contributed by atoms with Gasteiger partial charge in [-0.05, 0) is 30.5 Å². The third-order valence-corrected chi connectivity index (χ3v) is 4.14. The van der Waals surface area contributed by atoms with Gasteiger partial charge in [0.15, 0.2) is 0 Å². The number of benzene rings is 1. The summed E-state index contributed by atoms with van der Waals surface area (Å²) in [6.45, 7) is 0.783. The number of ether oxygens (including phenoxy) is 1. The minimum absolute atomic E-state index is 0.155. The van der Waals surface area contributed by atoms with Gasteiger partial charge in [-0.25, -0.2) is 9.59 Å². The molecule has 2 fully saturated rings. The van der Waals surface area contributed by atoms with Crippen molar-refractivity contribution in [2.24, 2.45) is 5.73 Å². The average molecular weight is 318 g/mol. The maximum Gasteiger partial charge on any atom is 0.327 e. The number of hydrogen-bond donors (Lipinski definition) is 2. The predicted octanol–water partition coefficient (Wildman–Crippen LogP) is 1.11. The number of primary amides is 1. The second-order valence-corrected chi connectivity index (χ2v) is 5.58. The molecule has 122 valence electrons. The van der Waals surface area contributed by atoms with E-state index in [2.05, 4.69) is 5.32 Å². The predicted molar refractivity (Wildman–Crippen MR) is 81.9 cm³/mol. The van der Waals surface area contributed by atoms with Gasteiger partial charge in [0.05, 0.1) is 19.3 Å². The molecule has 2 saturated heterocycles. The summed E-state index contributed by atoms with van der Waals surface area (Å²) in [5, 5.41) is 2.47. The van der Waals surface area contributed by atoms with Crippen molar-refractivity contribution < 1.29 is 19.1 Å². The van der Waals surface area contributed by atoms with Crippen LogP contribution in [0, 0.1) is 0 Å². The molecule has 0 spiro atoms. The van der Waals surface area contributed by atoms with Gasteiger partial charge in [-0.1, -0.05) is 6.07 Å². The van der Waals surface area contributed by atoms with Gasteiger partial charge in [0, 0.05) is 6.54 Å². The molecule has 3 N–H and O–H groups in total. The first-order valence-corrected chi connectivity index (χ1v) is 7.36. The number of nitrogens with zero attached hydrogens (tertiary/aromatic N) is 2. The molecule has 0 radical (unpaired) electrons. The highest BCUT2D eigenvalue weighted by Crippen LogP contribution is 2.30. The van der Waals surface area contributed by atoms with Crippen LogP contribution in [0.3, 0.4) is 0 Å². The number of rotatable bonds is 4. The second kappa shape index (κ2) is 5.79. The Morgan fingerprint density at radius 1 is 1.43 bits per heavy atom. The highest BCUT2D eigenvalue weighted by molar-refractivity contribution is 6.04. The van der Waals surface area contributed by atoms with Crippen LogP contribution in [0.1, 0.15) is 18.4 Å². The van der Waals surface area contributed by atoms with Crippen molar-refractivity contribution in [2.45, 2.75) is 25.4 Å². The quantitative estimate of drug-likeness (QED) is 0.811. The van der Waals surface area contributed by atoms with E-state index in [1.807, 2.05) is 0 Å². The van der Waals surface area contributed by atoms with Crippen LogP contribution in [0.15, 0.2) is 18.2 Å². The third kappa shape index (κ3) is 2.67. The molecule has 3 rings (SSSR count). The van der Waals surface area contributed by atoms with E-state index in [1.54, 1.807) is 23.1 Å². The maximum atomic E-state index is 12.3. The first kappa shape index (κ1) is 15.1. The summed E-state index contributed by atoms with van der Waals surface area (Å²) in [5.74, 6) is 0.292. The minimum atomic E-state index is -0.714. The lowest BCUT2D eigenvalue weighted by molar-refractivity contribution is -0.128. The van der Waals surface area contributed by atoms with Gasteiger partial charge in [0.1, 0.15) is 11.8 Å². The van der Waals surface area contributed by atoms with Gasteiger partial charge in [0.2, 0.25) is 0 Å². The Balaban J connectivity index is 1.81. The molecule has 0 saturated carbocycles. The Labute approximate surface area is 133 Å². The molecule has 8 heteroatoms. The Hall–Kier alpha value is -2.77. The number of carbonyl (C=O) groups excluding carboxylic acids is 3. The zero-order chi connectivity index (χ0) is 16.6. The summed E-state index contributed by atoms with van der Waals surface area (Å²) in [7, 11) is 1.48. The molecule has 2 heterocycles. The van der Waals surface area contributed by atoms with Crippen LogP contribution in [-0.4, -0.2) is 47.5 Å². The van der Waals surface area contributed by atoms with Crippen molar-refractivity contribution in [3.8, 4) is 5.75 Å². The number of carbonyl (C=O) groups is 3. The van der Waals surface area contributed by atoms with Crippen molar-refractivity contribution in [2.75, 3.05) is 19.0 Å². The first-order valence-electron chi connectivity index (χ1n) is 7.36. The number of imide groups is 1. The molecular formula is C15H18N4O4. The van der Waals surface area contributed by atoms with Crippen LogP contribution >= 0.6 is 0 Å². The normalized spacial score (nSPS) is 20.0. The molecule has 23 heavy (non-hydrogen) atoms.